The van der Waals surface area contributed by atoms with Gasteiger partial charge in [-0.05, 0) is 24.3 Å². The third-order valence-electron chi connectivity index (χ3n) is 2.11. The van der Waals surface area contributed by atoms with Gasteiger partial charge in [-0.15, -0.1) is 12.6 Å². The van der Waals surface area contributed by atoms with Gasteiger partial charge < -0.3 is 5.73 Å². The Hall–Kier alpha value is -1.82. The van der Waals surface area contributed by atoms with E-state index >= 15 is 0 Å². The Bertz CT molecular complexity index is 535. The first-order valence-corrected chi connectivity index (χ1v) is 4.87. The summed E-state index contributed by atoms with van der Waals surface area (Å²) in [5.74, 6) is -0.161. The summed E-state index contributed by atoms with van der Waals surface area (Å²) in [6.07, 6.45) is 1.33. The summed E-state index contributed by atoms with van der Waals surface area (Å²) >= 11 is 3.67. The molecule has 0 saturated carbocycles. The summed E-state index contributed by atoms with van der Waals surface area (Å²) in [7, 11) is 0. The molecule has 6 heteroatoms. The number of nitrogen functional groups attached to an aromatic ring is 1. The van der Waals surface area contributed by atoms with E-state index in [4.69, 9.17) is 5.73 Å². The van der Waals surface area contributed by atoms with Crippen LogP contribution in [-0.4, -0.2) is 14.9 Å². The van der Waals surface area contributed by atoms with E-state index in [1.807, 2.05) is 0 Å². The van der Waals surface area contributed by atoms with Gasteiger partial charge in [0.15, 0.2) is 0 Å². The van der Waals surface area contributed by atoms with E-state index in [0.717, 1.165) is 0 Å². The highest BCUT2D eigenvalue weighted by Crippen LogP contribution is 2.18. The number of hydrogen-bond acceptors (Lipinski definition) is 3. The Kier molecular flexibility index (Phi) is 2.66. The predicted molar refractivity (Wildman–Crippen MR) is 61.3 cm³/mol. The van der Waals surface area contributed by atoms with Crippen molar-refractivity contribution in [3.63, 3.8) is 0 Å². The molecule has 1 aromatic carbocycles. The maximum Gasteiger partial charge on any atom is 0.221 e. The van der Waals surface area contributed by atoms with Gasteiger partial charge in [0, 0.05) is 0 Å². The quantitative estimate of drug-likeness (QED) is 0.781. The molecule has 2 N–H and O–H groups in total. The van der Waals surface area contributed by atoms with E-state index in [9.17, 15) is 9.18 Å². The van der Waals surface area contributed by atoms with Crippen LogP contribution in [0.3, 0.4) is 0 Å². The fourth-order valence-electron chi connectivity index (χ4n) is 1.31. The minimum atomic E-state index is -0.453. The molecule has 0 atom stereocenters. The van der Waals surface area contributed by atoms with Crippen LogP contribution in [0, 0.1) is 5.82 Å². The van der Waals surface area contributed by atoms with E-state index in [0.29, 0.717) is 5.69 Å². The van der Waals surface area contributed by atoms with Crippen LogP contribution in [0.2, 0.25) is 0 Å². The largest absolute Gasteiger partial charge is 0.383 e. The van der Waals surface area contributed by atoms with E-state index in [1.54, 1.807) is 0 Å². The second-order valence-corrected chi connectivity index (χ2v) is 3.54. The highest BCUT2D eigenvalue weighted by Gasteiger charge is 2.12. The van der Waals surface area contributed by atoms with Gasteiger partial charge in [-0.25, -0.2) is 9.07 Å². The number of nitrogens with zero attached hydrogens (tertiary/aromatic N) is 2. The van der Waals surface area contributed by atoms with Crippen LogP contribution in [0.1, 0.15) is 10.4 Å². The number of halogens is 1. The SMILES string of the molecule is Nc1c(C(=O)S)cnn1-c1ccc(F)cc1. The summed E-state index contributed by atoms with van der Waals surface area (Å²) in [6, 6.07) is 5.62. The molecule has 0 aliphatic heterocycles. The van der Waals surface area contributed by atoms with Crippen molar-refractivity contribution >= 4 is 23.6 Å². The van der Waals surface area contributed by atoms with Crippen LogP contribution in [0.4, 0.5) is 10.2 Å². The third kappa shape index (κ3) is 1.79. The lowest BCUT2D eigenvalue weighted by molar-refractivity contribution is 0.109. The topological polar surface area (TPSA) is 60.9 Å². The lowest BCUT2D eigenvalue weighted by atomic mass is 10.3. The van der Waals surface area contributed by atoms with E-state index in [2.05, 4.69) is 17.7 Å². The fraction of sp³-hybridized carbons (Fsp3) is 0. The molecule has 0 bridgehead atoms. The first kappa shape index (κ1) is 10.7. The maximum atomic E-state index is 12.7. The average molecular weight is 237 g/mol. The van der Waals surface area contributed by atoms with Crippen LogP contribution in [0.25, 0.3) is 5.69 Å². The molecule has 0 saturated heterocycles. The van der Waals surface area contributed by atoms with Gasteiger partial charge in [0.05, 0.1) is 17.4 Å². The number of carbonyl (C=O) groups excluding carboxylic acids is 1. The minimum absolute atomic E-state index is 0.187. The number of carbonyl (C=O) groups is 1. The summed E-state index contributed by atoms with van der Waals surface area (Å²) < 4.78 is 14.1. The maximum absolute atomic E-state index is 12.7. The van der Waals surface area contributed by atoms with Crippen molar-refractivity contribution in [1.29, 1.82) is 0 Å². The van der Waals surface area contributed by atoms with Gasteiger partial charge in [-0.3, -0.25) is 4.79 Å². The second-order valence-electron chi connectivity index (χ2n) is 3.14. The van der Waals surface area contributed by atoms with Crippen molar-refractivity contribution in [3.8, 4) is 5.69 Å². The van der Waals surface area contributed by atoms with Crippen molar-refractivity contribution in [2.45, 2.75) is 0 Å². The molecule has 16 heavy (non-hydrogen) atoms. The molecular formula is C10H8FN3OS. The van der Waals surface area contributed by atoms with Crippen LogP contribution >= 0.6 is 12.6 Å². The van der Waals surface area contributed by atoms with Crippen molar-refractivity contribution in [2.24, 2.45) is 0 Å². The van der Waals surface area contributed by atoms with Crippen LogP contribution < -0.4 is 5.73 Å². The zero-order valence-corrected chi connectivity index (χ0v) is 8.99. The average Bonchev–Trinajstić information content (AvgIpc) is 2.61. The van der Waals surface area contributed by atoms with Crippen molar-refractivity contribution in [1.82, 2.24) is 9.78 Å². The molecular weight excluding hydrogens is 229 g/mol. The lowest BCUT2D eigenvalue weighted by Gasteiger charge is -2.03. The first-order chi connectivity index (χ1) is 7.59. The molecule has 82 valence electrons. The molecule has 4 nitrogen and oxygen atoms in total. The van der Waals surface area contributed by atoms with E-state index in [-0.39, 0.29) is 17.2 Å². The number of rotatable bonds is 2. The van der Waals surface area contributed by atoms with E-state index in [1.165, 1.54) is 35.1 Å². The number of anilines is 1. The molecule has 0 fully saturated rings. The standard InChI is InChI=1S/C10H8FN3OS/c11-6-1-3-7(4-2-6)14-9(12)8(5-13-14)10(15)16/h1-5H,12H2,(H,15,16). The monoisotopic (exact) mass is 237 g/mol. The molecule has 1 aromatic heterocycles. The number of benzene rings is 1. The molecule has 0 unspecified atom stereocenters. The van der Waals surface area contributed by atoms with Crippen LogP contribution in [0.15, 0.2) is 30.5 Å². The molecule has 0 radical (unpaired) electrons. The van der Waals surface area contributed by atoms with E-state index < -0.39 is 5.12 Å². The number of hydrogen-bond donors (Lipinski definition) is 2. The predicted octanol–water partition coefficient (Wildman–Crippen LogP) is 1.66. The molecule has 0 aliphatic carbocycles. The highest BCUT2D eigenvalue weighted by molar-refractivity contribution is 7.97. The van der Waals surface area contributed by atoms with Crippen molar-refractivity contribution in [2.75, 3.05) is 5.73 Å². The highest BCUT2D eigenvalue weighted by atomic mass is 32.1. The number of aromatic nitrogens is 2. The van der Waals surface area contributed by atoms with Gasteiger partial charge in [0.2, 0.25) is 5.12 Å². The number of nitrogens with two attached hydrogens (primary N) is 1. The molecule has 0 aliphatic rings. The van der Waals surface area contributed by atoms with Crippen LogP contribution in [0.5, 0.6) is 0 Å². The van der Waals surface area contributed by atoms with Gasteiger partial charge in [0.1, 0.15) is 11.6 Å². The van der Waals surface area contributed by atoms with Gasteiger partial charge in [-0.1, -0.05) is 0 Å². The van der Waals surface area contributed by atoms with Crippen molar-refractivity contribution in [3.05, 3.63) is 41.8 Å². The van der Waals surface area contributed by atoms with Gasteiger partial charge in [-0.2, -0.15) is 5.10 Å². The summed E-state index contributed by atoms with van der Waals surface area (Å²) in [6.45, 7) is 0. The summed E-state index contributed by atoms with van der Waals surface area (Å²) in [5, 5.41) is 3.48. The second kappa shape index (κ2) is 3.97. The summed E-state index contributed by atoms with van der Waals surface area (Å²) in [4.78, 5) is 11.0. The summed E-state index contributed by atoms with van der Waals surface area (Å²) in [5.41, 5.74) is 6.52. The molecule has 2 aromatic rings. The zero-order valence-electron chi connectivity index (χ0n) is 8.09. The zero-order chi connectivity index (χ0) is 11.7. The minimum Gasteiger partial charge on any atom is -0.383 e. The fourth-order valence-corrected chi connectivity index (χ4v) is 1.48. The third-order valence-corrected chi connectivity index (χ3v) is 2.35. The molecule has 2 rings (SSSR count). The smallest absolute Gasteiger partial charge is 0.221 e. The Balaban J connectivity index is 2.49. The first-order valence-electron chi connectivity index (χ1n) is 4.42. The molecule has 0 spiro atoms. The van der Waals surface area contributed by atoms with Crippen LogP contribution in [-0.2, 0) is 0 Å². The Morgan fingerprint density at radius 3 is 2.50 bits per heavy atom. The van der Waals surface area contributed by atoms with Gasteiger partial charge in [0.25, 0.3) is 0 Å². The van der Waals surface area contributed by atoms with Crippen molar-refractivity contribution < 1.29 is 9.18 Å². The Labute approximate surface area is 96.3 Å². The number of thiol groups is 1. The molecule has 1 heterocycles. The molecule has 0 amide bonds. The Morgan fingerprint density at radius 1 is 1.38 bits per heavy atom. The normalized spacial score (nSPS) is 10.4. The Morgan fingerprint density at radius 2 is 2.00 bits per heavy atom. The lowest BCUT2D eigenvalue weighted by Crippen LogP contribution is -2.04. The van der Waals surface area contributed by atoms with Gasteiger partial charge >= 0.3 is 0 Å².